The maximum Gasteiger partial charge on any atom is 0.297 e. The van der Waals surface area contributed by atoms with E-state index in [9.17, 15) is 9.59 Å². The first-order valence-electron chi connectivity index (χ1n) is 8.54. The summed E-state index contributed by atoms with van der Waals surface area (Å²) in [6, 6.07) is 0.306. The van der Waals surface area contributed by atoms with E-state index in [1.54, 1.807) is 0 Å². The summed E-state index contributed by atoms with van der Waals surface area (Å²) in [5, 5.41) is 15.6. The highest BCUT2D eigenvalue weighted by atomic mass is 32.2. The van der Waals surface area contributed by atoms with Gasteiger partial charge in [-0.05, 0) is 12.8 Å². The van der Waals surface area contributed by atoms with E-state index in [0.29, 0.717) is 26.8 Å². The Morgan fingerprint density at radius 1 is 1.28 bits per heavy atom. The molecular formula is C16H23N5O2S2. The normalized spacial score (nSPS) is 16.3. The molecule has 2 aromatic rings. The highest BCUT2D eigenvalue weighted by Gasteiger charge is 2.23. The van der Waals surface area contributed by atoms with Gasteiger partial charge in [0, 0.05) is 11.5 Å². The molecule has 0 radical (unpaired) electrons. The van der Waals surface area contributed by atoms with Crippen LogP contribution in [-0.4, -0.2) is 37.5 Å². The first-order chi connectivity index (χ1) is 11.8. The fourth-order valence-electron chi connectivity index (χ4n) is 2.87. The standard InChI is InChI=1S/C16H23N5O2S2/c1-16(2,3)12-13(23)21-14(19-18-12)25-15(20-21)24-9-11(22)17-10-7-5-4-6-8-10/h10H,4-9H2,1-3H3,(H,17,22). The van der Waals surface area contributed by atoms with Crippen molar-refractivity contribution in [3.8, 4) is 0 Å². The lowest BCUT2D eigenvalue weighted by Gasteiger charge is -2.22. The number of hydrogen-bond donors (Lipinski definition) is 1. The van der Waals surface area contributed by atoms with E-state index in [2.05, 4.69) is 20.6 Å². The van der Waals surface area contributed by atoms with Crippen LogP contribution >= 0.6 is 23.1 Å². The van der Waals surface area contributed by atoms with Gasteiger partial charge in [0.05, 0.1) is 5.75 Å². The van der Waals surface area contributed by atoms with Crippen molar-refractivity contribution < 1.29 is 4.79 Å². The maximum atomic E-state index is 12.5. The maximum absolute atomic E-state index is 12.5. The zero-order chi connectivity index (χ0) is 18.0. The first kappa shape index (κ1) is 18.3. The largest absolute Gasteiger partial charge is 0.353 e. The van der Waals surface area contributed by atoms with Crippen LogP contribution < -0.4 is 10.9 Å². The summed E-state index contributed by atoms with van der Waals surface area (Å²) in [4.78, 5) is 25.1. The average molecular weight is 382 g/mol. The minimum Gasteiger partial charge on any atom is -0.353 e. The fourth-order valence-corrected chi connectivity index (χ4v) is 4.55. The lowest BCUT2D eigenvalue weighted by Crippen LogP contribution is -2.37. The van der Waals surface area contributed by atoms with E-state index in [-0.39, 0.29) is 16.9 Å². The van der Waals surface area contributed by atoms with E-state index >= 15 is 0 Å². The van der Waals surface area contributed by atoms with E-state index in [0.717, 1.165) is 12.8 Å². The first-order valence-corrected chi connectivity index (χ1v) is 10.3. The van der Waals surface area contributed by atoms with Crippen molar-refractivity contribution in [1.29, 1.82) is 0 Å². The molecule has 1 saturated carbocycles. The van der Waals surface area contributed by atoms with Crippen molar-refractivity contribution in [3.63, 3.8) is 0 Å². The molecule has 0 bridgehead atoms. The van der Waals surface area contributed by atoms with Gasteiger partial charge in [0.15, 0.2) is 4.34 Å². The minimum absolute atomic E-state index is 0.0185. The molecule has 0 spiro atoms. The summed E-state index contributed by atoms with van der Waals surface area (Å²) < 4.78 is 1.94. The summed E-state index contributed by atoms with van der Waals surface area (Å²) in [6.07, 6.45) is 5.77. The SMILES string of the molecule is CC(C)(C)c1nnc2sc(SCC(=O)NC3CCCCC3)nn2c1=O. The van der Waals surface area contributed by atoms with Gasteiger partial charge in [0.1, 0.15) is 5.69 Å². The number of fused-ring (bicyclic) bond motifs is 1. The van der Waals surface area contributed by atoms with Gasteiger partial charge in [-0.3, -0.25) is 9.59 Å². The molecule has 1 fully saturated rings. The number of amides is 1. The van der Waals surface area contributed by atoms with Gasteiger partial charge in [-0.1, -0.05) is 63.1 Å². The molecule has 3 rings (SSSR count). The monoisotopic (exact) mass is 381 g/mol. The van der Waals surface area contributed by atoms with Crippen LogP contribution in [0.5, 0.6) is 0 Å². The fraction of sp³-hybridized carbons (Fsp3) is 0.688. The molecule has 1 aliphatic carbocycles. The Morgan fingerprint density at radius 2 is 2.00 bits per heavy atom. The van der Waals surface area contributed by atoms with Crippen molar-refractivity contribution in [2.24, 2.45) is 0 Å². The van der Waals surface area contributed by atoms with Crippen LogP contribution in [0.3, 0.4) is 0 Å². The Labute approximate surface area is 154 Å². The summed E-state index contributed by atoms with van der Waals surface area (Å²) in [7, 11) is 0. The van der Waals surface area contributed by atoms with Gasteiger partial charge < -0.3 is 5.32 Å². The highest BCUT2D eigenvalue weighted by Crippen LogP contribution is 2.24. The third-order valence-corrected chi connectivity index (χ3v) is 6.21. The van der Waals surface area contributed by atoms with Gasteiger partial charge in [0.2, 0.25) is 10.9 Å². The number of carbonyl (C=O) groups excluding carboxylic acids is 1. The summed E-state index contributed by atoms with van der Waals surface area (Å²) in [5.41, 5.74) is -0.239. The number of carbonyl (C=O) groups is 1. The number of hydrogen-bond acceptors (Lipinski definition) is 7. The van der Waals surface area contributed by atoms with Crippen LogP contribution in [0.4, 0.5) is 0 Å². The summed E-state index contributed by atoms with van der Waals surface area (Å²) >= 11 is 2.61. The lowest BCUT2D eigenvalue weighted by atomic mass is 9.93. The number of nitrogens with one attached hydrogen (secondary N) is 1. The van der Waals surface area contributed by atoms with E-state index in [1.807, 2.05) is 20.8 Å². The molecule has 0 saturated heterocycles. The molecule has 7 nitrogen and oxygen atoms in total. The molecule has 2 heterocycles. The zero-order valence-corrected chi connectivity index (χ0v) is 16.4. The summed E-state index contributed by atoms with van der Waals surface area (Å²) in [6.45, 7) is 5.76. The Balaban J connectivity index is 1.67. The highest BCUT2D eigenvalue weighted by molar-refractivity contribution is 8.01. The van der Waals surface area contributed by atoms with Crippen molar-refractivity contribution in [1.82, 2.24) is 25.1 Å². The van der Waals surface area contributed by atoms with Crippen molar-refractivity contribution in [2.75, 3.05) is 5.75 Å². The summed E-state index contributed by atoms with van der Waals surface area (Å²) in [5.74, 6) is 0.315. The molecular weight excluding hydrogens is 358 g/mol. The molecule has 0 aliphatic heterocycles. The number of nitrogens with zero attached hydrogens (tertiary/aromatic N) is 4. The van der Waals surface area contributed by atoms with Crippen LogP contribution in [0.2, 0.25) is 0 Å². The topological polar surface area (TPSA) is 89.2 Å². The predicted octanol–water partition coefficient (Wildman–Crippen LogP) is 2.38. The Bertz CT molecular complexity index is 818. The van der Waals surface area contributed by atoms with Gasteiger partial charge in [-0.25, -0.2) is 0 Å². The second kappa shape index (κ2) is 7.41. The van der Waals surface area contributed by atoms with Crippen LogP contribution in [0, 0.1) is 0 Å². The van der Waals surface area contributed by atoms with Crippen LogP contribution in [0.15, 0.2) is 9.13 Å². The van der Waals surface area contributed by atoms with E-state index in [1.165, 1.54) is 46.9 Å². The molecule has 0 aromatic carbocycles. The van der Waals surface area contributed by atoms with Gasteiger partial charge >= 0.3 is 0 Å². The van der Waals surface area contributed by atoms with Gasteiger partial charge in [-0.15, -0.1) is 15.3 Å². The smallest absolute Gasteiger partial charge is 0.297 e. The molecule has 0 atom stereocenters. The second-order valence-corrected chi connectivity index (χ2v) is 9.54. The minimum atomic E-state index is -0.387. The molecule has 2 aromatic heterocycles. The molecule has 0 unspecified atom stereocenters. The van der Waals surface area contributed by atoms with E-state index < -0.39 is 0 Å². The molecule has 1 N–H and O–H groups in total. The third-order valence-electron chi connectivity index (χ3n) is 4.18. The molecule has 136 valence electrons. The zero-order valence-electron chi connectivity index (χ0n) is 14.7. The predicted molar refractivity (Wildman–Crippen MR) is 99.4 cm³/mol. The van der Waals surface area contributed by atoms with Crippen LogP contribution in [-0.2, 0) is 10.2 Å². The number of rotatable bonds is 4. The average Bonchev–Trinajstić information content (AvgIpc) is 2.97. The van der Waals surface area contributed by atoms with Gasteiger partial charge in [-0.2, -0.15) is 4.52 Å². The Kier molecular flexibility index (Phi) is 5.43. The van der Waals surface area contributed by atoms with Crippen molar-refractivity contribution >= 4 is 34.0 Å². The third kappa shape index (κ3) is 4.38. The molecule has 9 heteroatoms. The Hall–Kier alpha value is -1.48. The van der Waals surface area contributed by atoms with E-state index in [4.69, 9.17) is 0 Å². The van der Waals surface area contributed by atoms with Crippen molar-refractivity contribution in [3.05, 3.63) is 16.0 Å². The lowest BCUT2D eigenvalue weighted by molar-refractivity contribution is -0.119. The quantitative estimate of drug-likeness (QED) is 0.818. The van der Waals surface area contributed by atoms with Crippen LogP contribution in [0.25, 0.3) is 4.96 Å². The molecule has 1 aliphatic rings. The Morgan fingerprint density at radius 3 is 2.68 bits per heavy atom. The molecule has 1 amide bonds. The second-order valence-electron chi connectivity index (χ2n) is 7.36. The molecule has 25 heavy (non-hydrogen) atoms. The number of aromatic nitrogens is 4. The van der Waals surface area contributed by atoms with Crippen molar-refractivity contribution in [2.45, 2.75) is 68.7 Å². The van der Waals surface area contributed by atoms with Crippen LogP contribution in [0.1, 0.15) is 58.6 Å². The number of thioether (sulfide) groups is 1. The van der Waals surface area contributed by atoms with Gasteiger partial charge in [0.25, 0.3) is 5.56 Å².